The van der Waals surface area contributed by atoms with Crippen LogP contribution in [-0.4, -0.2) is 17.4 Å². The molecule has 1 amide bonds. The lowest BCUT2D eigenvalue weighted by Gasteiger charge is -2.20. The number of para-hydroxylation sites is 1. The first-order valence-electron chi connectivity index (χ1n) is 5.88. The van der Waals surface area contributed by atoms with E-state index in [0.29, 0.717) is 23.0 Å². The molecule has 1 N–H and O–H groups in total. The van der Waals surface area contributed by atoms with Crippen LogP contribution in [-0.2, 0) is 4.79 Å². The lowest BCUT2D eigenvalue weighted by Crippen LogP contribution is -2.19. The van der Waals surface area contributed by atoms with Crippen LogP contribution in [0, 0.1) is 5.92 Å². The third-order valence-electron chi connectivity index (χ3n) is 2.96. The minimum atomic E-state index is 0.0787. The number of benzene rings is 1. The number of anilines is 1. The number of hydrogen-bond acceptors (Lipinski definition) is 2. The van der Waals surface area contributed by atoms with Crippen LogP contribution in [0.15, 0.2) is 24.3 Å². The summed E-state index contributed by atoms with van der Waals surface area (Å²) in [5.41, 5.74) is 0.712. The van der Waals surface area contributed by atoms with Gasteiger partial charge in [-0.1, -0.05) is 23.7 Å². The highest BCUT2D eigenvalue weighted by molar-refractivity contribution is 7.99. The van der Waals surface area contributed by atoms with Crippen LogP contribution < -0.4 is 5.32 Å². The van der Waals surface area contributed by atoms with Gasteiger partial charge in [-0.2, -0.15) is 11.8 Å². The molecule has 1 saturated heterocycles. The van der Waals surface area contributed by atoms with Crippen LogP contribution in [0.3, 0.4) is 0 Å². The van der Waals surface area contributed by atoms with E-state index in [1.807, 2.05) is 30.0 Å². The fourth-order valence-electron chi connectivity index (χ4n) is 1.98. The molecule has 0 unspecified atom stereocenters. The van der Waals surface area contributed by atoms with Crippen molar-refractivity contribution in [3.05, 3.63) is 29.3 Å². The zero-order chi connectivity index (χ0) is 12.1. The van der Waals surface area contributed by atoms with Crippen LogP contribution in [0.5, 0.6) is 0 Å². The lowest BCUT2D eigenvalue weighted by molar-refractivity contribution is -0.117. The summed E-state index contributed by atoms with van der Waals surface area (Å²) in [6.45, 7) is 0. The van der Waals surface area contributed by atoms with Crippen molar-refractivity contribution in [2.45, 2.75) is 19.3 Å². The van der Waals surface area contributed by atoms with Crippen LogP contribution in [0.1, 0.15) is 19.3 Å². The standard InChI is InChI=1S/C13H16ClNOS/c14-11-3-1-2-4-12(11)15-13(16)9-10-5-7-17-8-6-10/h1-4,10H,5-9H2,(H,15,16). The zero-order valence-electron chi connectivity index (χ0n) is 9.62. The van der Waals surface area contributed by atoms with Crippen LogP contribution >= 0.6 is 23.4 Å². The molecule has 1 aliphatic heterocycles. The monoisotopic (exact) mass is 269 g/mol. The SMILES string of the molecule is O=C(CC1CCSCC1)Nc1ccccc1Cl. The predicted molar refractivity (Wildman–Crippen MR) is 74.7 cm³/mol. The van der Waals surface area contributed by atoms with Crippen molar-refractivity contribution < 1.29 is 4.79 Å². The quantitative estimate of drug-likeness (QED) is 0.904. The second-order valence-corrected chi connectivity index (χ2v) is 5.92. The maximum absolute atomic E-state index is 11.9. The van der Waals surface area contributed by atoms with Crippen LogP contribution in [0.4, 0.5) is 5.69 Å². The van der Waals surface area contributed by atoms with Gasteiger partial charge < -0.3 is 5.32 Å². The van der Waals surface area contributed by atoms with Crippen molar-refractivity contribution in [3.8, 4) is 0 Å². The van der Waals surface area contributed by atoms with E-state index in [9.17, 15) is 4.79 Å². The largest absolute Gasteiger partial charge is 0.325 e. The summed E-state index contributed by atoms with van der Waals surface area (Å²) in [4.78, 5) is 11.9. The average Bonchev–Trinajstić information content (AvgIpc) is 2.33. The van der Waals surface area contributed by atoms with Gasteiger partial charge in [0.25, 0.3) is 0 Å². The third-order valence-corrected chi connectivity index (χ3v) is 4.34. The Bertz CT molecular complexity index is 391. The zero-order valence-corrected chi connectivity index (χ0v) is 11.2. The van der Waals surface area contributed by atoms with Gasteiger partial charge in [0, 0.05) is 6.42 Å². The molecule has 17 heavy (non-hydrogen) atoms. The van der Waals surface area contributed by atoms with Gasteiger partial charge >= 0.3 is 0 Å². The van der Waals surface area contributed by atoms with E-state index in [1.54, 1.807) is 6.07 Å². The van der Waals surface area contributed by atoms with Crippen molar-refractivity contribution in [3.63, 3.8) is 0 Å². The van der Waals surface area contributed by atoms with Crippen molar-refractivity contribution in [2.75, 3.05) is 16.8 Å². The fourth-order valence-corrected chi connectivity index (χ4v) is 3.36. The molecule has 1 aliphatic rings. The molecular weight excluding hydrogens is 254 g/mol. The number of amides is 1. The van der Waals surface area contributed by atoms with Crippen molar-refractivity contribution in [1.29, 1.82) is 0 Å². The van der Waals surface area contributed by atoms with E-state index in [-0.39, 0.29) is 5.91 Å². The molecule has 0 bridgehead atoms. The third kappa shape index (κ3) is 3.93. The van der Waals surface area contributed by atoms with Crippen LogP contribution in [0.25, 0.3) is 0 Å². The highest BCUT2D eigenvalue weighted by Gasteiger charge is 2.17. The Morgan fingerprint density at radius 2 is 2.06 bits per heavy atom. The first kappa shape index (κ1) is 12.8. The van der Waals surface area contributed by atoms with Gasteiger partial charge in [-0.05, 0) is 42.4 Å². The highest BCUT2D eigenvalue weighted by atomic mass is 35.5. The van der Waals surface area contributed by atoms with Crippen molar-refractivity contribution in [1.82, 2.24) is 0 Å². The average molecular weight is 270 g/mol. The molecule has 2 rings (SSSR count). The van der Waals surface area contributed by atoms with Gasteiger partial charge in [-0.25, -0.2) is 0 Å². The predicted octanol–water partition coefficient (Wildman–Crippen LogP) is 3.81. The maximum atomic E-state index is 11.9. The second kappa shape index (κ2) is 6.31. The van der Waals surface area contributed by atoms with E-state index in [1.165, 1.54) is 11.5 Å². The Kier molecular flexibility index (Phi) is 4.75. The van der Waals surface area contributed by atoms with E-state index >= 15 is 0 Å². The number of nitrogens with one attached hydrogen (secondary N) is 1. The first-order chi connectivity index (χ1) is 8.25. The van der Waals surface area contributed by atoms with Gasteiger partial charge in [0.15, 0.2) is 0 Å². The Hall–Kier alpha value is -0.670. The van der Waals surface area contributed by atoms with Gasteiger partial charge in [-0.3, -0.25) is 4.79 Å². The Labute approximate surface area is 111 Å². The summed E-state index contributed by atoms with van der Waals surface area (Å²) in [5, 5.41) is 3.48. The molecule has 0 spiro atoms. The van der Waals surface area contributed by atoms with Crippen molar-refractivity contribution in [2.24, 2.45) is 5.92 Å². The molecular formula is C13H16ClNOS. The summed E-state index contributed by atoms with van der Waals surface area (Å²) < 4.78 is 0. The Balaban J connectivity index is 1.86. The number of carbonyl (C=O) groups excluding carboxylic acids is 1. The molecule has 4 heteroatoms. The van der Waals surface area contributed by atoms with Gasteiger partial charge in [0.2, 0.25) is 5.91 Å². The van der Waals surface area contributed by atoms with Gasteiger partial charge in [0.05, 0.1) is 10.7 Å². The van der Waals surface area contributed by atoms with E-state index in [2.05, 4.69) is 5.32 Å². The molecule has 0 aromatic heterocycles. The molecule has 0 radical (unpaired) electrons. The van der Waals surface area contributed by atoms with E-state index in [4.69, 9.17) is 11.6 Å². The molecule has 1 heterocycles. The van der Waals surface area contributed by atoms with Crippen molar-refractivity contribution >= 4 is 35.0 Å². The number of halogens is 1. The highest BCUT2D eigenvalue weighted by Crippen LogP contribution is 2.26. The number of thioether (sulfide) groups is 1. The second-order valence-electron chi connectivity index (χ2n) is 4.29. The summed E-state index contributed by atoms with van der Waals surface area (Å²) in [7, 11) is 0. The molecule has 1 aromatic rings. The van der Waals surface area contributed by atoms with Gasteiger partial charge in [0.1, 0.15) is 0 Å². The number of rotatable bonds is 3. The Morgan fingerprint density at radius 3 is 2.76 bits per heavy atom. The molecule has 0 atom stereocenters. The first-order valence-corrected chi connectivity index (χ1v) is 7.41. The maximum Gasteiger partial charge on any atom is 0.224 e. The summed E-state index contributed by atoms with van der Waals surface area (Å²) in [5.74, 6) is 2.99. The number of hydrogen-bond donors (Lipinski definition) is 1. The topological polar surface area (TPSA) is 29.1 Å². The number of carbonyl (C=O) groups is 1. The molecule has 2 nitrogen and oxygen atoms in total. The fraction of sp³-hybridized carbons (Fsp3) is 0.462. The van der Waals surface area contributed by atoms with E-state index in [0.717, 1.165) is 12.8 Å². The minimum Gasteiger partial charge on any atom is -0.325 e. The van der Waals surface area contributed by atoms with Crippen LogP contribution in [0.2, 0.25) is 5.02 Å². The lowest BCUT2D eigenvalue weighted by atomic mass is 9.98. The molecule has 92 valence electrons. The summed E-state index contributed by atoms with van der Waals surface area (Å²) in [6.07, 6.45) is 2.92. The smallest absolute Gasteiger partial charge is 0.224 e. The van der Waals surface area contributed by atoms with Gasteiger partial charge in [-0.15, -0.1) is 0 Å². The normalized spacial score (nSPS) is 16.8. The molecule has 1 fully saturated rings. The van der Waals surface area contributed by atoms with E-state index < -0.39 is 0 Å². The minimum absolute atomic E-state index is 0.0787. The molecule has 0 aliphatic carbocycles. The molecule has 1 aromatic carbocycles. The summed E-state index contributed by atoms with van der Waals surface area (Å²) in [6, 6.07) is 7.35. The molecule has 0 saturated carbocycles. The Morgan fingerprint density at radius 1 is 1.35 bits per heavy atom. The summed E-state index contributed by atoms with van der Waals surface area (Å²) >= 11 is 7.97.